The Morgan fingerprint density at radius 1 is 1.64 bits per heavy atom. The van der Waals surface area contributed by atoms with E-state index in [1.807, 2.05) is 0 Å². The van der Waals surface area contributed by atoms with E-state index in [0.717, 1.165) is 0 Å². The van der Waals surface area contributed by atoms with Crippen molar-refractivity contribution < 1.29 is 13.9 Å². The number of nitrogens with one attached hydrogen (secondary N) is 1. The summed E-state index contributed by atoms with van der Waals surface area (Å²) in [6.07, 6.45) is 0. The van der Waals surface area contributed by atoms with Crippen molar-refractivity contribution in [2.24, 2.45) is 5.73 Å². The lowest BCUT2D eigenvalue weighted by molar-refractivity contribution is -0.116. The zero-order valence-electron chi connectivity index (χ0n) is 7.71. The van der Waals surface area contributed by atoms with Gasteiger partial charge in [-0.25, -0.2) is 4.39 Å². The molecule has 3 N–H and O–H groups in total. The van der Waals surface area contributed by atoms with E-state index in [1.165, 1.54) is 19.2 Å². The molecule has 1 aromatic rings. The van der Waals surface area contributed by atoms with Crippen molar-refractivity contribution in [1.29, 1.82) is 0 Å². The Morgan fingerprint density at radius 3 is 2.86 bits per heavy atom. The zero-order valence-corrected chi connectivity index (χ0v) is 7.71. The number of anilines is 1. The number of hydrogen-bond donors (Lipinski definition) is 2. The Labute approximate surface area is 80.9 Å². The number of carbonyl (C=O) groups excluding carboxylic acids is 1. The summed E-state index contributed by atoms with van der Waals surface area (Å²) in [7, 11) is 1.38. The molecule has 14 heavy (non-hydrogen) atoms. The molecule has 0 aromatic heterocycles. The van der Waals surface area contributed by atoms with Crippen LogP contribution in [0.1, 0.15) is 0 Å². The molecule has 0 saturated heterocycles. The van der Waals surface area contributed by atoms with Gasteiger partial charge in [0.1, 0.15) is 0 Å². The lowest BCUT2D eigenvalue weighted by atomic mass is 10.3. The van der Waals surface area contributed by atoms with Crippen molar-refractivity contribution in [3.8, 4) is 5.75 Å². The molecule has 1 aromatic carbocycles. The van der Waals surface area contributed by atoms with Crippen LogP contribution in [0.25, 0.3) is 0 Å². The number of benzene rings is 1. The van der Waals surface area contributed by atoms with Crippen LogP contribution >= 0.6 is 0 Å². The summed E-state index contributed by atoms with van der Waals surface area (Å²) in [4.78, 5) is 10.4. The maximum atomic E-state index is 13.1. The molecule has 0 saturated carbocycles. The summed E-state index contributed by atoms with van der Waals surface area (Å²) < 4.78 is 17.8. The fraction of sp³-hybridized carbons (Fsp3) is 0.222. The fourth-order valence-corrected chi connectivity index (χ4v) is 0.966. The van der Waals surface area contributed by atoms with Gasteiger partial charge in [0.15, 0.2) is 11.6 Å². The second-order valence-electron chi connectivity index (χ2n) is 2.67. The third kappa shape index (κ3) is 2.62. The van der Waals surface area contributed by atoms with E-state index in [9.17, 15) is 9.18 Å². The number of hydrogen-bond acceptors (Lipinski definition) is 3. The van der Waals surface area contributed by atoms with Gasteiger partial charge in [-0.2, -0.15) is 0 Å². The Morgan fingerprint density at radius 2 is 2.36 bits per heavy atom. The van der Waals surface area contributed by atoms with E-state index in [2.05, 4.69) is 5.32 Å². The highest BCUT2D eigenvalue weighted by molar-refractivity contribution is 5.78. The molecular formula is C9H11FN2O2. The Balaban J connectivity index is 2.71. The average Bonchev–Trinajstić information content (AvgIpc) is 2.15. The minimum atomic E-state index is -0.499. The molecular weight excluding hydrogens is 187 g/mol. The first kappa shape index (κ1) is 10.3. The number of nitrogens with two attached hydrogens (primary N) is 1. The topological polar surface area (TPSA) is 64.3 Å². The SMILES string of the molecule is COc1ccc(NCC(N)=O)cc1F. The van der Waals surface area contributed by atoms with Crippen molar-refractivity contribution in [2.45, 2.75) is 0 Å². The molecule has 1 rings (SSSR count). The minimum absolute atomic E-state index is 0.0221. The molecule has 0 heterocycles. The third-order valence-corrected chi connectivity index (χ3v) is 1.62. The fourth-order valence-electron chi connectivity index (χ4n) is 0.966. The Kier molecular flexibility index (Phi) is 3.28. The van der Waals surface area contributed by atoms with Crippen LogP contribution in [0.5, 0.6) is 5.75 Å². The molecule has 4 nitrogen and oxygen atoms in total. The number of amides is 1. The maximum Gasteiger partial charge on any atom is 0.236 e. The van der Waals surface area contributed by atoms with Gasteiger partial charge in [-0.3, -0.25) is 4.79 Å². The average molecular weight is 198 g/mol. The number of methoxy groups -OCH3 is 1. The Bertz CT molecular complexity index is 342. The summed E-state index contributed by atoms with van der Waals surface area (Å²) in [5.74, 6) is -0.821. The molecule has 0 aliphatic carbocycles. The number of primary amides is 1. The lowest BCUT2D eigenvalue weighted by Crippen LogP contribution is -2.21. The summed E-state index contributed by atoms with van der Waals surface area (Å²) in [6, 6.07) is 4.31. The van der Waals surface area contributed by atoms with Gasteiger partial charge in [0, 0.05) is 11.8 Å². The molecule has 5 heteroatoms. The van der Waals surface area contributed by atoms with E-state index < -0.39 is 11.7 Å². The lowest BCUT2D eigenvalue weighted by Gasteiger charge is -2.06. The van der Waals surface area contributed by atoms with E-state index in [0.29, 0.717) is 5.69 Å². The number of halogens is 1. The highest BCUT2D eigenvalue weighted by atomic mass is 19.1. The molecule has 0 aliphatic rings. The van der Waals surface area contributed by atoms with E-state index in [-0.39, 0.29) is 12.3 Å². The van der Waals surface area contributed by atoms with Gasteiger partial charge in [0.2, 0.25) is 5.91 Å². The van der Waals surface area contributed by atoms with Crippen LogP contribution in [0.4, 0.5) is 10.1 Å². The van der Waals surface area contributed by atoms with Crippen LogP contribution in [-0.4, -0.2) is 19.6 Å². The highest BCUT2D eigenvalue weighted by Gasteiger charge is 2.03. The van der Waals surface area contributed by atoms with Crippen LogP contribution in [0.2, 0.25) is 0 Å². The van der Waals surface area contributed by atoms with Crippen molar-refractivity contribution in [3.05, 3.63) is 24.0 Å². The quantitative estimate of drug-likeness (QED) is 0.749. The van der Waals surface area contributed by atoms with E-state index in [1.54, 1.807) is 6.07 Å². The van der Waals surface area contributed by atoms with Crippen molar-refractivity contribution in [2.75, 3.05) is 19.0 Å². The molecule has 0 fully saturated rings. The monoisotopic (exact) mass is 198 g/mol. The van der Waals surface area contributed by atoms with Crippen LogP contribution < -0.4 is 15.8 Å². The molecule has 0 aliphatic heterocycles. The second kappa shape index (κ2) is 4.45. The first-order chi connectivity index (χ1) is 6.63. The largest absolute Gasteiger partial charge is 0.494 e. The molecule has 0 unspecified atom stereocenters. The smallest absolute Gasteiger partial charge is 0.236 e. The summed E-state index contributed by atoms with van der Waals surface area (Å²) in [5.41, 5.74) is 5.40. The van der Waals surface area contributed by atoms with Crippen molar-refractivity contribution in [1.82, 2.24) is 0 Å². The van der Waals surface area contributed by atoms with Gasteiger partial charge in [-0.15, -0.1) is 0 Å². The first-order valence-electron chi connectivity index (χ1n) is 3.99. The summed E-state index contributed by atoms with van der Waals surface area (Å²) in [6.45, 7) is -0.0221. The molecule has 0 atom stereocenters. The van der Waals surface area contributed by atoms with Crippen LogP contribution in [0.15, 0.2) is 18.2 Å². The first-order valence-corrected chi connectivity index (χ1v) is 3.99. The van der Waals surface area contributed by atoms with Crippen LogP contribution in [-0.2, 0) is 4.79 Å². The van der Waals surface area contributed by atoms with E-state index >= 15 is 0 Å². The molecule has 0 spiro atoms. The van der Waals surface area contributed by atoms with Crippen molar-refractivity contribution >= 4 is 11.6 Å². The van der Waals surface area contributed by atoms with Gasteiger partial charge < -0.3 is 15.8 Å². The third-order valence-electron chi connectivity index (χ3n) is 1.62. The normalized spacial score (nSPS) is 9.57. The molecule has 0 bridgehead atoms. The highest BCUT2D eigenvalue weighted by Crippen LogP contribution is 2.20. The maximum absolute atomic E-state index is 13.1. The number of carbonyl (C=O) groups is 1. The predicted molar refractivity (Wildman–Crippen MR) is 50.6 cm³/mol. The van der Waals surface area contributed by atoms with Gasteiger partial charge >= 0.3 is 0 Å². The Hall–Kier alpha value is -1.78. The number of rotatable bonds is 4. The van der Waals surface area contributed by atoms with Crippen LogP contribution in [0, 0.1) is 5.82 Å². The van der Waals surface area contributed by atoms with Gasteiger partial charge in [0.05, 0.1) is 13.7 Å². The molecule has 1 amide bonds. The predicted octanol–water partition coefficient (Wildman–Crippen LogP) is 0.731. The van der Waals surface area contributed by atoms with Gasteiger partial charge in [0.25, 0.3) is 0 Å². The minimum Gasteiger partial charge on any atom is -0.494 e. The van der Waals surface area contributed by atoms with Crippen molar-refractivity contribution in [3.63, 3.8) is 0 Å². The molecule has 76 valence electrons. The van der Waals surface area contributed by atoms with Gasteiger partial charge in [-0.05, 0) is 12.1 Å². The summed E-state index contributed by atoms with van der Waals surface area (Å²) >= 11 is 0. The van der Waals surface area contributed by atoms with E-state index in [4.69, 9.17) is 10.5 Å². The van der Waals surface area contributed by atoms with Gasteiger partial charge in [-0.1, -0.05) is 0 Å². The standard InChI is InChI=1S/C9H11FN2O2/c1-14-8-3-2-6(4-7(8)10)12-5-9(11)13/h2-4,12H,5H2,1H3,(H2,11,13). The number of ether oxygens (including phenoxy) is 1. The zero-order chi connectivity index (χ0) is 10.6. The van der Waals surface area contributed by atoms with Crippen LogP contribution in [0.3, 0.4) is 0 Å². The molecule has 0 radical (unpaired) electrons. The summed E-state index contributed by atoms with van der Waals surface area (Å²) in [5, 5.41) is 2.67. The second-order valence-corrected chi connectivity index (χ2v) is 2.67.